The average Bonchev–Trinajstić information content (AvgIpc) is 3.13. The van der Waals surface area contributed by atoms with Crippen molar-refractivity contribution in [1.82, 2.24) is 14.6 Å². The van der Waals surface area contributed by atoms with Gasteiger partial charge in [-0.05, 0) is 73.5 Å². The first-order valence-corrected chi connectivity index (χ1v) is 12.5. The molecule has 0 fully saturated rings. The fraction of sp³-hybridized carbons (Fsp3) is 0.115. The summed E-state index contributed by atoms with van der Waals surface area (Å²) < 4.78 is 34.2. The number of hydrogen-bond acceptors (Lipinski definition) is 7. The molecule has 0 saturated heterocycles. The molecule has 0 aliphatic carbocycles. The highest BCUT2D eigenvalue weighted by atomic mass is 32.2. The minimum atomic E-state index is -4.00. The van der Waals surface area contributed by atoms with Crippen LogP contribution in [0.25, 0.3) is 22.2 Å². The summed E-state index contributed by atoms with van der Waals surface area (Å²) in [5.74, 6) is 0.693. The third-order valence-corrected chi connectivity index (χ3v) is 7.33. The molecule has 0 saturated carbocycles. The molecule has 2 heterocycles. The van der Waals surface area contributed by atoms with Crippen molar-refractivity contribution in [2.45, 2.75) is 23.6 Å². The van der Waals surface area contributed by atoms with Crippen LogP contribution in [0.5, 0.6) is 5.75 Å². The van der Waals surface area contributed by atoms with Gasteiger partial charge in [0.05, 0.1) is 28.8 Å². The Kier molecular flexibility index (Phi) is 5.70. The second kappa shape index (κ2) is 8.84. The first-order chi connectivity index (χ1) is 16.9. The fourth-order valence-corrected chi connectivity index (χ4v) is 5.43. The lowest BCUT2D eigenvalue weighted by Gasteiger charge is -2.06. The first kappa shape index (κ1) is 22.5. The Morgan fingerprint density at radius 3 is 2.40 bits per heavy atom. The Hall–Kier alpha value is -4.24. The predicted octanol–water partition coefficient (Wildman–Crippen LogP) is 4.59. The number of nitrogens with zero attached hydrogens (tertiary/aromatic N) is 4. The maximum atomic E-state index is 13.7. The van der Waals surface area contributed by atoms with Gasteiger partial charge < -0.3 is 10.5 Å². The SMILES string of the molecule is CCOc1ccc(/C=N\n2c(N)c(S(=O)(=O)c3cccc(C)c3)c3nc4ccccc4nc32)cc1. The van der Waals surface area contributed by atoms with Crippen molar-refractivity contribution in [3.8, 4) is 5.75 Å². The lowest BCUT2D eigenvalue weighted by molar-refractivity contribution is 0.340. The molecule has 2 aromatic heterocycles. The van der Waals surface area contributed by atoms with Crippen LogP contribution in [-0.4, -0.2) is 35.9 Å². The molecule has 2 N–H and O–H groups in total. The number of anilines is 1. The van der Waals surface area contributed by atoms with Crippen molar-refractivity contribution in [2.75, 3.05) is 12.3 Å². The Morgan fingerprint density at radius 2 is 1.71 bits per heavy atom. The maximum Gasteiger partial charge on any atom is 0.212 e. The van der Waals surface area contributed by atoms with Gasteiger partial charge in [-0.3, -0.25) is 0 Å². The number of aromatic nitrogens is 3. The Balaban J connectivity index is 1.72. The van der Waals surface area contributed by atoms with E-state index in [-0.39, 0.29) is 26.8 Å². The van der Waals surface area contributed by atoms with E-state index in [1.54, 1.807) is 36.5 Å². The van der Waals surface area contributed by atoms with Crippen LogP contribution in [0.15, 0.2) is 87.7 Å². The molecular formula is C26H23N5O3S. The van der Waals surface area contributed by atoms with Crippen LogP contribution in [0.3, 0.4) is 0 Å². The molecule has 9 heteroatoms. The van der Waals surface area contributed by atoms with Crippen molar-refractivity contribution >= 4 is 44.1 Å². The summed E-state index contributed by atoms with van der Waals surface area (Å²) in [6.07, 6.45) is 1.59. The van der Waals surface area contributed by atoms with Gasteiger partial charge in [-0.25, -0.2) is 18.4 Å². The van der Waals surface area contributed by atoms with Crippen LogP contribution >= 0.6 is 0 Å². The first-order valence-electron chi connectivity index (χ1n) is 11.0. The summed E-state index contributed by atoms with van der Waals surface area (Å²) in [4.78, 5) is 9.31. The van der Waals surface area contributed by atoms with Gasteiger partial charge in [0.2, 0.25) is 9.84 Å². The summed E-state index contributed by atoms with van der Waals surface area (Å²) in [5, 5.41) is 4.49. The molecule has 35 heavy (non-hydrogen) atoms. The van der Waals surface area contributed by atoms with Crippen molar-refractivity contribution in [1.29, 1.82) is 0 Å². The monoisotopic (exact) mass is 485 g/mol. The number of benzene rings is 3. The topological polar surface area (TPSA) is 112 Å². The Bertz CT molecular complexity index is 1690. The quantitative estimate of drug-likeness (QED) is 0.352. The molecular weight excluding hydrogens is 462 g/mol. The molecule has 8 nitrogen and oxygen atoms in total. The Labute approximate surface area is 202 Å². The van der Waals surface area contributed by atoms with Crippen LogP contribution in [0.4, 0.5) is 5.82 Å². The van der Waals surface area contributed by atoms with Gasteiger partial charge in [0, 0.05) is 0 Å². The average molecular weight is 486 g/mol. The minimum absolute atomic E-state index is 0.0565. The van der Waals surface area contributed by atoms with E-state index in [4.69, 9.17) is 10.5 Å². The zero-order valence-corrected chi connectivity index (χ0v) is 20.0. The van der Waals surface area contributed by atoms with Gasteiger partial charge in [0.1, 0.15) is 22.0 Å². The highest BCUT2D eigenvalue weighted by molar-refractivity contribution is 7.92. The standard InChI is InChI=1S/C26H23N5O3S/c1-3-34-19-13-11-18(12-14-19)16-28-31-25(27)24(35(32,33)20-8-6-7-17(2)15-20)23-26(31)30-22-10-5-4-9-21(22)29-23/h4-16H,3,27H2,1-2H3/b28-16-. The van der Waals surface area contributed by atoms with Crippen LogP contribution in [0.1, 0.15) is 18.1 Å². The van der Waals surface area contributed by atoms with E-state index in [0.717, 1.165) is 16.9 Å². The molecule has 0 radical (unpaired) electrons. The van der Waals surface area contributed by atoms with Crippen LogP contribution in [-0.2, 0) is 9.84 Å². The minimum Gasteiger partial charge on any atom is -0.494 e. The smallest absolute Gasteiger partial charge is 0.212 e. The normalized spacial score (nSPS) is 12.1. The number of para-hydroxylation sites is 2. The summed E-state index contributed by atoms with van der Waals surface area (Å²) in [7, 11) is -4.00. The van der Waals surface area contributed by atoms with E-state index >= 15 is 0 Å². The molecule has 0 aliphatic heterocycles. The number of hydrogen-bond donors (Lipinski definition) is 1. The molecule has 0 amide bonds. The van der Waals surface area contributed by atoms with E-state index in [1.165, 1.54) is 4.68 Å². The summed E-state index contributed by atoms with van der Waals surface area (Å²) in [6, 6.07) is 21.3. The highest BCUT2D eigenvalue weighted by Crippen LogP contribution is 2.35. The molecule has 0 atom stereocenters. The van der Waals surface area contributed by atoms with Crippen molar-refractivity contribution < 1.29 is 13.2 Å². The number of ether oxygens (including phenoxy) is 1. The zero-order chi connectivity index (χ0) is 24.6. The molecule has 0 bridgehead atoms. The fourth-order valence-electron chi connectivity index (χ4n) is 3.85. The summed E-state index contributed by atoms with van der Waals surface area (Å²) in [5.41, 5.74) is 9.64. The number of rotatable bonds is 6. The van der Waals surface area contributed by atoms with Crippen molar-refractivity contribution in [2.24, 2.45) is 5.10 Å². The van der Waals surface area contributed by atoms with Gasteiger partial charge in [-0.1, -0.05) is 24.3 Å². The van der Waals surface area contributed by atoms with E-state index in [0.29, 0.717) is 17.6 Å². The zero-order valence-electron chi connectivity index (χ0n) is 19.2. The molecule has 176 valence electrons. The number of fused-ring (bicyclic) bond motifs is 2. The molecule has 0 unspecified atom stereocenters. The van der Waals surface area contributed by atoms with Crippen molar-refractivity contribution in [3.63, 3.8) is 0 Å². The van der Waals surface area contributed by atoms with E-state index < -0.39 is 9.84 Å². The second-order valence-electron chi connectivity index (χ2n) is 7.98. The predicted molar refractivity (Wildman–Crippen MR) is 137 cm³/mol. The Morgan fingerprint density at radius 1 is 1.00 bits per heavy atom. The van der Waals surface area contributed by atoms with Gasteiger partial charge >= 0.3 is 0 Å². The molecule has 3 aromatic carbocycles. The molecule has 5 aromatic rings. The number of nitrogen functional groups attached to an aromatic ring is 1. The molecule has 0 aliphatic rings. The van der Waals surface area contributed by atoms with Gasteiger partial charge in [0.25, 0.3) is 0 Å². The van der Waals surface area contributed by atoms with Crippen LogP contribution < -0.4 is 10.5 Å². The lowest BCUT2D eigenvalue weighted by atomic mass is 10.2. The summed E-state index contributed by atoms with van der Waals surface area (Å²) >= 11 is 0. The lowest BCUT2D eigenvalue weighted by Crippen LogP contribution is -2.07. The van der Waals surface area contributed by atoms with E-state index in [1.807, 2.05) is 56.3 Å². The van der Waals surface area contributed by atoms with E-state index in [2.05, 4.69) is 15.1 Å². The molecule has 0 spiro atoms. The largest absolute Gasteiger partial charge is 0.494 e. The highest BCUT2D eigenvalue weighted by Gasteiger charge is 2.30. The molecule has 5 rings (SSSR count). The van der Waals surface area contributed by atoms with Crippen LogP contribution in [0.2, 0.25) is 0 Å². The second-order valence-corrected chi connectivity index (χ2v) is 9.86. The third kappa shape index (κ3) is 4.10. The number of nitrogens with two attached hydrogens (primary N) is 1. The van der Waals surface area contributed by atoms with Gasteiger partial charge in [-0.2, -0.15) is 9.78 Å². The van der Waals surface area contributed by atoms with Gasteiger partial charge in [0.15, 0.2) is 5.65 Å². The number of sulfone groups is 1. The third-order valence-electron chi connectivity index (χ3n) is 5.51. The maximum absolute atomic E-state index is 13.7. The van der Waals surface area contributed by atoms with E-state index in [9.17, 15) is 8.42 Å². The van der Waals surface area contributed by atoms with Crippen molar-refractivity contribution in [3.05, 3.63) is 83.9 Å². The number of aryl methyl sites for hydroxylation is 1. The van der Waals surface area contributed by atoms with Crippen LogP contribution in [0, 0.1) is 6.92 Å². The van der Waals surface area contributed by atoms with Gasteiger partial charge in [-0.15, -0.1) is 0 Å². The summed E-state index contributed by atoms with van der Waals surface area (Å²) in [6.45, 7) is 4.33.